The van der Waals surface area contributed by atoms with Gasteiger partial charge in [-0.05, 0) is 67.6 Å². The van der Waals surface area contributed by atoms with Gasteiger partial charge in [0.05, 0.1) is 17.4 Å². The van der Waals surface area contributed by atoms with Crippen LogP contribution in [0.15, 0.2) is 108 Å². The van der Waals surface area contributed by atoms with Gasteiger partial charge in [0.25, 0.3) is 11.8 Å². The highest BCUT2D eigenvalue weighted by Gasteiger charge is 2.17. The molecule has 0 aliphatic heterocycles. The maximum absolute atomic E-state index is 13.5. The van der Waals surface area contributed by atoms with Crippen molar-refractivity contribution in [2.45, 2.75) is 11.8 Å². The van der Waals surface area contributed by atoms with Gasteiger partial charge >= 0.3 is 0 Å². The molecule has 4 aromatic carbocycles. The standard InChI is InChI=1S/C32H26Cl2N2O4S/c1-2-40-30-14-7-6-11-22(30)17-28(36-31(38)21-9-4-3-5-10-21)32(39)35-24-12-8-13-25(19-24)41-20-29(37)26-16-15-23(33)18-27(26)34/h3-19H,2,20H2,1H3,(H,35,39)(H,36,38)/b28-17-. The molecule has 2 amide bonds. The molecule has 0 spiro atoms. The fraction of sp³-hybridized carbons (Fsp3) is 0.0938. The van der Waals surface area contributed by atoms with E-state index in [1.807, 2.05) is 25.1 Å². The second-order valence-corrected chi connectivity index (χ2v) is 10.6. The van der Waals surface area contributed by atoms with Crippen molar-refractivity contribution in [2.75, 3.05) is 17.7 Å². The number of amides is 2. The third-order valence-electron chi connectivity index (χ3n) is 5.74. The average molecular weight is 606 g/mol. The van der Waals surface area contributed by atoms with Crippen LogP contribution in [0.5, 0.6) is 5.75 Å². The van der Waals surface area contributed by atoms with E-state index in [0.717, 1.165) is 4.90 Å². The van der Waals surface area contributed by atoms with Crippen molar-refractivity contribution < 1.29 is 19.1 Å². The largest absolute Gasteiger partial charge is 0.493 e. The molecule has 0 bridgehead atoms. The van der Waals surface area contributed by atoms with Crippen LogP contribution in [0.25, 0.3) is 6.08 Å². The lowest BCUT2D eigenvalue weighted by Crippen LogP contribution is -2.30. The minimum absolute atomic E-state index is 0.0385. The molecule has 9 heteroatoms. The first kappa shape index (κ1) is 29.9. The van der Waals surface area contributed by atoms with Crippen LogP contribution in [0, 0.1) is 0 Å². The van der Waals surface area contributed by atoms with Gasteiger partial charge in [-0.1, -0.05) is 65.7 Å². The molecule has 208 valence electrons. The molecule has 0 saturated carbocycles. The fourth-order valence-corrected chi connectivity index (χ4v) is 5.14. The second-order valence-electron chi connectivity index (χ2n) is 8.67. The summed E-state index contributed by atoms with van der Waals surface area (Å²) in [4.78, 5) is 39.9. The number of carbonyl (C=O) groups excluding carboxylic acids is 3. The van der Waals surface area contributed by atoms with E-state index < -0.39 is 11.8 Å². The maximum Gasteiger partial charge on any atom is 0.272 e. The molecular formula is C32H26Cl2N2O4S. The second kappa shape index (κ2) is 14.6. The molecule has 41 heavy (non-hydrogen) atoms. The third-order valence-corrected chi connectivity index (χ3v) is 7.28. The van der Waals surface area contributed by atoms with Gasteiger partial charge in [-0.25, -0.2) is 0 Å². The Bertz CT molecular complexity index is 1590. The summed E-state index contributed by atoms with van der Waals surface area (Å²) in [6, 6.07) is 27.7. The zero-order valence-corrected chi connectivity index (χ0v) is 24.4. The maximum atomic E-state index is 13.5. The molecule has 0 fully saturated rings. The molecule has 0 aliphatic carbocycles. The molecular weight excluding hydrogens is 579 g/mol. The third kappa shape index (κ3) is 8.47. The average Bonchev–Trinajstić information content (AvgIpc) is 2.97. The first-order chi connectivity index (χ1) is 19.8. The van der Waals surface area contributed by atoms with Crippen LogP contribution in [0.3, 0.4) is 0 Å². The van der Waals surface area contributed by atoms with Crippen LogP contribution in [-0.4, -0.2) is 30.0 Å². The van der Waals surface area contributed by atoms with E-state index in [1.54, 1.807) is 78.9 Å². The first-order valence-electron chi connectivity index (χ1n) is 12.7. The highest BCUT2D eigenvalue weighted by atomic mass is 35.5. The van der Waals surface area contributed by atoms with Gasteiger partial charge in [-0.2, -0.15) is 0 Å². The number of Topliss-reactive ketones (excluding diaryl/α,β-unsaturated/α-hetero) is 1. The fourth-order valence-electron chi connectivity index (χ4n) is 3.79. The zero-order valence-electron chi connectivity index (χ0n) is 22.0. The smallest absolute Gasteiger partial charge is 0.272 e. The van der Waals surface area contributed by atoms with Crippen molar-refractivity contribution >= 4 is 64.3 Å². The van der Waals surface area contributed by atoms with Crippen LogP contribution >= 0.6 is 35.0 Å². The van der Waals surface area contributed by atoms with Crippen molar-refractivity contribution in [3.63, 3.8) is 0 Å². The molecule has 0 heterocycles. The quantitative estimate of drug-likeness (QED) is 0.104. The Hall–Kier alpha value is -4.04. The SMILES string of the molecule is CCOc1ccccc1/C=C(\NC(=O)c1ccccc1)C(=O)Nc1cccc(SCC(=O)c2ccc(Cl)cc2Cl)c1. The number of halogens is 2. The summed E-state index contributed by atoms with van der Waals surface area (Å²) in [7, 11) is 0. The number of benzene rings is 4. The molecule has 0 radical (unpaired) electrons. The minimum atomic E-state index is -0.522. The highest BCUT2D eigenvalue weighted by molar-refractivity contribution is 8.00. The molecule has 4 aromatic rings. The summed E-state index contributed by atoms with van der Waals surface area (Å²) in [6.07, 6.45) is 1.58. The zero-order chi connectivity index (χ0) is 29.2. The van der Waals surface area contributed by atoms with E-state index in [-0.39, 0.29) is 17.2 Å². The Kier molecular flexibility index (Phi) is 10.6. The summed E-state index contributed by atoms with van der Waals surface area (Å²) in [5.41, 5.74) is 1.97. The van der Waals surface area contributed by atoms with E-state index in [1.165, 1.54) is 17.8 Å². The normalized spacial score (nSPS) is 11.0. The van der Waals surface area contributed by atoms with E-state index in [9.17, 15) is 14.4 Å². The highest BCUT2D eigenvalue weighted by Crippen LogP contribution is 2.27. The van der Waals surface area contributed by atoms with Crippen LogP contribution in [0.2, 0.25) is 10.0 Å². The molecule has 0 aromatic heterocycles. The topological polar surface area (TPSA) is 84.5 Å². The molecule has 0 aliphatic rings. The van der Waals surface area contributed by atoms with Crippen LogP contribution in [0.1, 0.15) is 33.2 Å². The van der Waals surface area contributed by atoms with Crippen molar-refractivity contribution in [3.8, 4) is 5.75 Å². The number of rotatable bonds is 11. The number of anilines is 1. The number of nitrogens with one attached hydrogen (secondary N) is 2. The van der Waals surface area contributed by atoms with Crippen LogP contribution in [0.4, 0.5) is 5.69 Å². The Morgan fingerprint density at radius 1 is 0.878 bits per heavy atom. The summed E-state index contributed by atoms with van der Waals surface area (Å²) in [6.45, 7) is 2.31. The van der Waals surface area contributed by atoms with Gasteiger partial charge in [0, 0.05) is 32.3 Å². The molecule has 2 N–H and O–H groups in total. The molecule has 4 rings (SSSR count). The Balaban J connectivity index is 1.53. The van der Waals surface area contributed by atoms with Gasteiger partial charge < -0.3 is 15.4 Å². The number of ether oxygens (including phenoxy) is 1. The number of hydrogen-bond acceptors (Lipinski definition) is 5. The van der Waals surface area contributed by atoms with E-state index in [0.29, 0.717) is 44.8 Å². The lowest BCUT2D eigenvalue weighted by Gasteiger charge is -2.13. The molecule has 0 atom stereocenters. The van der Waals surface area contributed by atoms with Gasteiger partial charge in [-0.3, -0.25) is 14.4 Å². The van der Waals surface area contributed by atoms with Gasteiger partial charge in [0.2, 0.25) is 0 Å². The number of para-hydroxylation sites is 1. The summed E-state index contributed by atoms with van der Waals surface area (Å²) >= 11 is 13.4. The number of thioether (sulfide) groups is 1. The summed E-state index contributed by atoms with van der Waals surface area (Å²) in [5, 5.41) is 6.34. The number of carbonyl (C=O) groups is 3. The molecule has 0 unspecified atom stereocenters. The molecule has 0 saturated heterocycles. The lowest BCUT2D eigenvalue weighted by molar-refractivity contribution is -0.113. The van der Waals surface area contributed by atoms with Crippen molar-refractivity contribution in [3.05, 3.63) is 129 Å². The number of hydrogen-bond donors (Lipinski definition) is 2. The van der Waals surface area contributed by atoms with E-state index >= 15 is 0 Å². The van der Waals surface area contributed by atoms with Crippen molar-refractivity contribution in [1.29, 1.82) is 0 Å². The van der Waals surface area contributed by atoms with Crippen molar-refractivity contribution in [2.24, 2.45) is 0 Å². The monoisotopic (exact) mass is 604 g/mol. The Morgan fingerprint density at radius 3 is 2.39 bits per heavy atom. The van der Waals surface area contributed by atoms with Gasteiger partial charge in [0.15, 0.2) is 5.78 Å². The summed E-state index contributed by atoms with van der Waals surface area (Å²) in [5.74, 6) is -0.368. The van der Waals surface area contributed by atoms with E-state index in [2.05, 4.69) is 10.6 Å². The first-order valence-corrected chi connectivity index (χ1v) is 14.4. The Labute approximate surface area is 252 Å². The Morgan fingerprint density at radius 2 is 1.63 bits per heavy atom. The van der Waals surface area contributed by atoms with E-state index in [4.69, 9.17) is 27.9 Å². The van der Waals surface area contributed by atoms with Crippen LogP contribution < -0.4 is 15.4 Å². The minimum Gasteiger partial charge on any atom is -0.493 e. The predicted molar refractivity (Wildman–Crippen MR) is 166 cm³/mol. The lowest BCUT2D eigenvalue weighted by atomic mass is 10.1. The van der Waals surface area contributed by atoms with Gasteiger partial charge in [0.1, 0.15) is 11.4 Å². The van der Waals surface area contributed by atoms with Crippen LogP contribution in [-0.2, 0) is 4.79 Å². The number of ketones is 1. The molecule has 6 nitrogen and oxygen atoms in total. The van der Waals surface area contributed by atoms with Crippen molar-refractivity contribution in [1.82, 2.24) is 5.32 Å². The van der Waals surface area contributed by atoms with Gasteiger partial charge in [-0.15, -0.1) is 11.8 Å². The summed E-state index contributed by atoms with van der Waals surface area (Å²) < 4.78 is 5.70. The predicted octanol–water partition coefficient (Wildman–Crippen LogP) is 7.78.